The Morgan fingerprint density at radius 1 is 1.09 bits per heavy atom. The van der Waals surface area contributed by atoms with Crippen molar-refractivity contribution in [3.8, 4) is 23.0 Å². The van der Waals surface area contributed by atoms with Crippen LogP contribution in [0.25, 0.3) is 22.2 Å². The summed E-state index contributed by atoms with van der Waals surface area (Å²) in [4.78, 5) is 42.3. The van der Waals surface area contributed by atoms with Crippen molar-refractivity contribution in [1.82, 2.24) is 19.9 Å². The summed E-state index contributed by atoms with van der Waals surface area (Å²) in [5.74, 6) is -1.36. The van der Waals surface area contributed by atoms with Crippen LogP contribution in [0.3, 0.4) is 0 Å². The minimum Gasteiger partial charge on any atom is -0.508 e. The first kappa shape index (κ1) is 27.8. The van der Waals surface area contributed by atoms with Gasteiger partial charge in [-0.1, -0.05) is 6.92 Å². The Morgan fingerprint density at radius 3 is 2.80 bits per heavy atom. The number of hydrogen-bond donors (Lipinski definition) is 1. The van der Waals surface area contributed by atoms with E-state index in [0.29, 0.717) is 49.2 Å². The van der Waals surface area contributed by atoms with Crippen molar-refractivity contribution in [2.75, 3.05) is 37.7 Å². The monoisotopic (exact) mass is 603 g/mol. The molecule has 44 heavy (non-hydrogen) atoms. The zero-order chi connectivity index (χ0) is 30.3. The summed E-state index contributed by atoms with van der Waals surface area (Å²) < 4.78 is 37.4. The number of ketones is 2. The molecule has 0 spiro atoms. The van der Waals surface area contributed by atoms with Gasteiger partial charge in [-0.25, -0.2) is 8.78 Å². The molecule has 0 radical (unpaired) electrons. The van der Waals surface area contributed by atoms with E-state index >= 15 is 4.39 Å². The van der Waals surface area contributed by atoms with E-state index in [9.17, 15) is 19.1 Å². The van der Waals surface area contributed by atoms with Crippen LogP contribution in [0.4, 0.5) is 14.6 Å². The number of carbonyl (C=O) groups is 2. The molecule has 1 unspecified atom stereocenters. The molecule has 1 N–H and O–H groups in total. The number of piperidine rings is 1. The number of aromatic nitrogens is 3. The van der Waals surface area contributed by atoms with Crippen molar-refractivity contribution in [2.24, 2.45) is 11.8 Å². The highest BCUT2D eigenvalue weighted by Crippen LogP contribution is 2.44. The first-order chi connectivity index (χ1) is 21.2. The number of fused-ring (bicyclic) bond motifs is 4. The molecule has 3 aliphatic heterocycles. The summed E-state index contributed by atoms with van der Waals surface area (Å²) >= 11 is 0. The quantitative estimate of drug-likeness (QED) is 0.421. The molecule has 9 nitrogen and oxygen atoms in total. The number of anilines is 1. The van der Waals surface area contributed by atoms with Crippen molar-refractivity contribution < 1.29 is 28.2 Å². The van der Waals surface area contributed by atoms with E-state index in [1.807, 2.05) is 4.90 Å². The predicted molar refractivity (Wildman–Crippen MR) is 158 cm³/mol. The number of phenolic OH excluding ortho intramolecular Hbond substituents is 1. The molecule has 230 valence electrons. The van der Waals surface area contributed by atoms with Gasteiger partial charge in [0.15, 0.2) is 5.82 Å². The van der Waals surface area contributed by atoms with Crippen molar-refractivity contribution in [3.05, 3.63) is 35.3 Å². The second-order valence-corrected chi connectivity index (χ2v) is 13.4. The number of hydrogen-bond acceptors (Lipinski definition) is 9. The molecule has 5 aliphatic rings. The number of ether oxygens (including phenoxy) is 1. The van der Waals surface area contributed by atoms with E-state index in [1.165, 1.54) is 0 Å². The Hall–Kier alpha value is -3.73. The summed E-state index contributed by atoms with van der Waals surface area (Å²) in [7, 11) is 0. The van der Waals surface area contributed by atoms with Crippen LogP contribution >= 0.6 is 0 Å². The third-order valence-corrected chi connectivity index (χ3v) is 10.8. The topological polar surface area (TPSA) is 109 Å². The highest BCUT2D eigenvalue weighted by molar-refractivity contribution is 6.45. The van der Waals surface area contributed by atoms with Crippen LogP contribution in [0, 0.1) is 17.7 Å². The Balaban J connectivity index is 1.23. The molecule has 0 amide bonds. The van der Waals surface area contributed by atoms with E-state index in [0.717, 1.165) is 49.8 Å². The van der Waals surface area contributed by atoms with Crippen molar-refractivity contribution in [1.29, 1.82) is 0 Å². The van der Waals surface area contributed by atoms with Crippen LogP contribution < -0.4 is 9.64 Å². The van der Waals surface area contributed by atoms with Crippen molar-refractivity contribution in [3.63, 3.8) is 0 Å². The standard InChI is InChI=1S/C33H35F2N5O4/c1-17-4-2-5-18-10-20(41)11-22(25(17)18)27-26(35)28-23(13-36-27)31(39-9-6-21-24(15-39)30(43)29(21)42)38-32(37-28)44-16-33-7-3-8-40(33)14-19(34)12-33/h10-11,13,17,19,21,24,41H,2-9,12,14-16H2,1H3/t17?,19-,21-,24+,33+/m1/s1. The number of Topliss-reactive ketones (excluding diaryl/α,β-unsaturated/α-hetero) is 2. The van der Waals surface area contributed by atoms with E-state index in [1.54, 1.807) is 18.3 Å². The van der Waals surface area contributed by atoms with Gasteiger partial charge in [-0.05, 0) is 74.2 Å². The minimum atomic E-state index is -0.919. The minimum absolute atomic E-state index is 0.0171. The molecule has 4 fully saturated rings. The molecule has 5 heterocycles. The van der Waals surface area contributed by atoms with E-state index < -0.39 is 23.4 Å². The van der Waals surface area contributed by atoms with Crippen molar-refractivity contribution in [2.45, 2.75) is 69.5 Å². The van der Waals surface area contributed by atoms with Crippen LogP contribution in [0.5, 0.6) is 11.8 Å². The summed E-state index contributed by atoms with van der Waals surface area (Å²) in [6.45, 7) is 4.25. The Bertz CT molecular complexity index is 1720. The summed E-state index contributed by atoms with van der Waals surface area (Å²) in [5, 5.41) is 10.9. The first-order valence-corrected chi connectivity index (χ1v) is 15.8. The zero-order valence-corrected chi connectivity index (χ0v) is 24.7. The fourth-order valence-electron chi connectivity index (χ4n) is 8.58. The fourth-order valence-corrected chi connectivity index (χ4v) is 8.58. The van der Waals surface area contributed by atoms with Gasteiger partial charge in [-0.2, -0.15) is 9.97 Å². The lowest BCUT2D eigenvalue weighted by Gasteiger charge is -2.43. The Kier molecular flexibility index (Phi) is 6.41. The first-order valence-electron chi connectivity index (χ1n) is 15.8. The predicted octanol–water partition coefficient (Wildman–Crippen LogP) is 4.53. The van der Waals surface area contributed by atoms with Gasteiger partial charge in [0, 0.05) is 43.7 Å². The number of nitrogens with zero attached hydrogens (tertiary/aromatic N) is 5. The molecule has 3 saturated heterocycles. The van der Waals surface area contributed by atoms with Crippen LogP contribution in [-0.4, -0.2) is 81.0 Å². The van der Waals surface area contributed by atoms with E-state index in [4.69, 9.17) is 9.72 Å². The van der Waals surface area contributed by atoms with Crippen LogP contribution in [0.15, 0.2) is 18.3 Å². The number of phenols is 1. The fraction of sp³-hybridized carbons (Fsp3) is 0.545. The maximum Gasteiger partial charge on any atom is 0.319 e. The van der Waals surface area contributed by atoms with Crippen LogP contribution in [-0.2, 0) is 16.0 Å². The molecule has 11 heteroatoms. The number of halogens is 2. The molecule has 1 saturated carbocycles. The number of aromatic hydroxyl groups is 1. The van der Waals surface area contributed by atoms with Gasteiger partial charge in [0.2, 0.25) is 11.6 Å². The molecular weight excluding hydrogens is 568 g/mol. The number of carbonyl (C=O) groups excluding carboxylic acids is 2. The molecular formula is C33H35F2N5O4. The van der Waals surface area contributed by atoms with Gasteiger partial charge in [-0.3, -0.25) is 19.5 Å². The second kappa shape index (κ2) is 10.2. The van der Waals surface area contributed by atoms with Gasteiger partial charge >= 0.3 is 6.01 Å². The molecule has 5 atom stereocenters. The second-order valence-electron chi connectivity index (χ2n) is 13.4. The summed E-state index contributed by atoms with van der Waals surface area (Å²) in [6.07, 6.45) is 6.04. The van der Waals surface area contributed by atoms with E-state index in [2.05, 4.69) is 21.8 Å². The summed E-state index contributed by atoms with van der Waals surface area (Å²) in [6, 6.07) is 3.31. The van der Waals surface area contributed by atoms with Gasteiger partial charge in [0.25, 0.3) is 0 Å². The molecule has 2 aromatic heterocycles. The number of rotatable bonds is 5. The SMILES string of the molecule is CC1CCCc2cc(O)cc(-c3ncc4c(N5CC[C@H]6C(=O)C(=O)[C@H]6C5)nc(OC[C@@]56CCCN5C[C@H](F)C6)nc4c3F)c21. The Labute approximate surface area is 253 Å². The lowest BCUT2D eigenvalue weighted by atomic mass is 9.67. The van der Waals surface area contributed by atoms with Gasteiger partial charge < -0.3 is 14.7 Å². The third kappa shape index (κ3) is 4.22. The smallest absolute Gasteiger partial charge is 0.319 e. The van der Waals surface area contributed by atoms with Gasteiger partial charge in [0.1, 0.15) is 35.6 Å². The molecule has 0 bridgehead atoms. The number of pyridine rings is 1. The number of alkyl halides is 1. The maximum atomic E-state index is 16.7. The average Bonchev–Trinajstić information content (AvgIpc) is 3.54. The van der Waals surface area contributed by atoms with Crippen molar-refractivity contribution >= 4 is 28.3 Å². The van der Waals surface area contributed by atoms with E-state index in [-0.39, 0.29) is 53.0 Å². The van der Waals surface area contributed by atoms with Gasteiger partial charge in [0.05, 0.1) is 16.8 Å². The number of benzene rings is 1. The largest absolute Gasteiger partial charge is 0.508 e. The highest BCUT2D eigenvalue weighted by Gasteiger charge is 2.52. The zero-order valence-electron chi connectivity index (χ0n) is 24.7. The molecule has 8 rings (SSSR count). The molecule has 2 aliphatic carbocycles. The highest BCUT2D eigenvalue weighted by atomic mass is 19.1. The normalized spacial score (nSPS) is 29.8. The lowest BCUT2D eigenvalue weighted by Crippen LogP contribution is -2.58. The average molecular weight is 604 g/mol. The Morgan fingerprint density at radius 2 is 1.93 bits per heavy atom. The lowest BCUT2D eigenvalue weighted by molar-refractivity contribution is -0.153. The molecule has 3 aromatic rings. The number of aryl methyl sites for hydroxylation is 1. The third-order valence-electron chi connectivity index (χ3n) is 10.8. The maximum absolute atomic E-state index is 16.7. The van der Waals surface area contributed by atoms with Gasteiger partial charge in [-0.15, -0.1) is 0 Å². The van der Waals surface area contributed by atoms with Crippen LogP contribution in [0.2, 0.25) is 0 Å². The van der Waals surface area contributed by atoms with Crippen LogP contribution in [0.1, 0.15) is 62.5 Å². The molecule has 1 aromatic carbocycles. The summed E-state index contributed by atoms with van der Waals surface area (Å²) in [5.41, 5.74) is 2.23.